The number of piperazine rings is 1. The first-order valence-electron chi connectivity index (χ1n) is 22.3. The van der Waals surface area contributed by atoms with E-state index >= 15 is 0 Å². The molecule has 4 fully saturated rings. The van der Waals surface area contributed by atoms with E-state index in [-0.39, 0.29) is 29.7 Å². The van der Waals surface area contributed by atoms with E-state index in [2.05, 4.69) is 51.6 Å². The quantitative estimate of drug-likeness (QED) is 0.151. The van der Waals surface area contributed by atoms with E-state index in [4.69, 9.17) is 16.3 Å². The van der Waals surface area contributed by atoms with Crippen LogP contribution in [0.1, 0.15) is 46.4 Å². The Morgan fingerprint density at radius 1 is 0.803 bits per heavy atom. The number of benzene rings is 3. The Morgan fingerprint density at radius 3 is 2.21 bits per heavy atom. The number of carbonyl (C=O) groups excluding carboxylic acids is 4. The van der Waals surface area contributed by atoms with Crippen molar-refractivity contribution in [3.63, 3.8) is 0 Å². The van der Waals surface area contributed by atoms with Gasteiger partial charge in [0.05, 0.1) is 47.8 Å². The summed E-state index contributed by atoms with van der Waals surface area (Å²) in [7, 11) is -0.389. The molecule has 3 N–H and O–H groups in total. The van der Waals surface area contributed by atoms with Gasteiger partial charge in [-0.1, -0.05) is 23.7 Å². The van der Waals surface area contributed by atoms with Gasteiger partial charge in [0.15, 0.2) is 5.82 Å². The number of nitrogens with zero attached hydrogens (tertiary/aromatic N) is 8. The van der Waals surface area contributed by atoms with Gasteiger partial charge in [0.25, 0.3) is 11.8 Å². The number of likely N-dealkylation sites (tertiary alicyclic amines) is 1. The summed E-state index contributed by atoms with van der Waals surface area (Å²) in [5.41, 5.74) is 4.23. The van der Waals surface area contributed by atoms with Gasteiger partial charge in [0, 0.05) is 89.2 Å². The average molecular weight is 941 g/mol. The molecule has 4 amide bonds. The van der Waals surface area contributed by atoms with Crippen LogP contribution >= 0.6 is 11.6 Å². The number of imide groups is 2. The largest absolute Gasteiger partial charge is 0.494 e. The minimum Gasteiger partial charge on any atom is -0.494 e. The molecule has 5 aliphatic heterocycles. The van der Waals surface area contributed by atoms with Gasteiger partial charge in [0.1, 0.15) is 16.8 Å². The molecule has 0 aliphatic carbocycles. The molecule has 348 valence electrons. The number of para-hydroxylation sites is 2. The zero-order valence-electron chi connectivity index (χ0n) is 37.2. The van der Waals surface area contributed by atoms with Gasteiger partial charge in [-0.3, -0.25) is 38.6 Å². The van der Waals surface area contributed by atoms with E-state index in [1.54, 1.807) is 43.5 Å². The number of hydrogen-bond acceptors (Lipinski definition) is 15. The van der Waals surface area contributed by atoms with Crippen molar-refractivity contribution in [2.45, 2.75) is 31.7 Å². The Hall–Kier alpha value is -6.02. The van der Waals surface area contributed by atoms with Gasteiger partial charge in [-0.15, -0.1) is 0 Å². The van der Waals surface area contributed by atoms with Crippen LogP contribution in [0.5, 0.6) is 5.75 Å². The van der Waals surface area contributed by atoms with Crippen molar-refractivity contribution < 1.29 is 32.3 Å². The third kappa shape index (κ3) is 9.47. The summed E-state index contributed by atoms with van der Waals surface area (Å²) in [5, 5.41) is 8.93. The Balaban J connectivity index is 0.714. The third-order valence-corrected chi connectivity index (χ3v) is 14.9. The van der Waals surface area contributed by atoms with Crippen LogP contribution in [0.4, 0.5) is 40.2 Å². The summed E-state index contributed by atoms with van der Waals surface area (Å²) < 4.78 is 31.5. The van der Waals surface area contributed by atoms with Crippen molar-refractivity contribution in [3.05, 3.63) is 83.0 Å². The van der Waals surface area contributed by atoms with Crippen molar-refractivity contribution in [1.82, 2.24) is 30.0 Å². The Labute approximate surface area is 389 Å². The number of fused-ring (bicyclic) bond motifs is 1. The maximum atomic E-state index is 13.3. The maximum absolute atomic E-state index is 13.3. The molecule has 0 bridgehead atoms. The topological polar surface area (TPSA) is 193 Å². The normalized spacial score (nSPS) is 20.0. The molecule has 5 aliphatic rings. The zero-order valence-corrected chi connectivity index (χ0v) is 38.8. The predicted octanol–water partition coefficient (Wildman–Crippen LogP) is 4.39. The maximum Gasteiger partial charge on any atom is 0.262 e. The van der Waals surface area contributed by atoms with Crippen molar-refractivity contribution >= 4 is 85.5 Å². The molecule has 4 aromatic rings. The number of ether oxygens (including phenoxy) is 1. The van der Waals surface area contributed by atoms with Gasteiger partial charge in [-0.25, -0.2) is 13.4 Å². The summed E-state index contributed by atoms with van der Waals surface area (Å²) in [5.74, 6) is 0.467. The van der Waals surface area contributed by atoms with Crippen molar-refractivity contribution in [2.24, 2.45) is 11.8 Å². The van der Waals surface area contributed by atoms with Crippen LogP contribution < -0.4 is 34.8 Å². The number of halogens is 1. The fourth-order valence-corrected chi connectivity index (χ4v) is 10.3. The monoisotopic (exact) mass is 939 g/mol. The minimum atomic E-state index is -3.50. The SMILES string of the molecule is COc1cc(N2CCN(CC3CCN(CC4CN(c5ccc6c(c5)C(=O)N(C5CCC(=O)NC5=O)C6=O)C4)CC3)CC2)ccc1Nc1ncc(Cl)c(Nc2ccccc2N(C)S(C)(=O)=O)n1. The number of carbonyl (C=O) groups is 4. The first kappa shape index (κ1) is 45.1. The zero-order chi connectivity index (χ0) is 46.3. The number of sulfonamides is 1. The molecule has 4 saturated heterocycles. The van der Waals surface area contributed by atoms with Gasteiger partial charge in [-0.2, -0.15) is 4.98 Å². The lowest BCUT2D eigenvalue weighted by Crippen LogP contribution is -2.54. The summed E-state index contributed by atoms with van der Waals surface area (Å²) >= 11 is 6.48. The highest BCUT2D eigenvalue weighted by atomic mass is 35.5. The fourth-order valence-electron chi connectivity index (χ4n) is 9.60. The molecular weight excluding hydrogens is 886 g/mol. The molecule has 20 heteroatoms. The highest BCUT2D eigenvalue weighted by Gasteiger charge is 2.45. The summed E-state index contributed by atoms with van der Waals surface area (Å²) in [4.78, 5) is 70.3. The highest BCUT2D eigenvalue weighted by molar-refractivity contribution is 7.92. The molecule has 18 nitrogen and oxygen atoms in total. The first-order valence-corrected chi connectivity index (χ1v) is 24.5. The number of methoxy groups -OCH3 is 1. The fraction of sp³-hybridized carbons (Fsp3) is 0.435. The van der Waals surface area contributed by atoms with Crippen molar-refractivity contribution in [3.8, 4) is 5.75 Å². The average Bonchev–Trinajstić information content (AvgIpc) is 3.54. The van der Waals surface area contributed by atoms with Gasteiger partial charge in [0.2, 0.25) is 27.8 Å². The minimum absolute atomic E-state index is 0.0943. The van der Waals surface area contributed by atoms with E-state index in [1.165, 1.54) is 30.4 Å². The van der Waals surface area contributed by atoms with Crippen molar-refractivity contribution in [1.29, 1.82) is 0 Å². The number of aromatic nitrogens is 2. The summed E-state index contributed by atoms with van der Waals surface area (Å²) in [6.07, 6.45) is 5.21. The Bertz CT molecular complexity index is 2650. The van der Waals surface area contributed by atoms with Crippen molar-refractivity contribution in [2.75, 3.05) is 111 Å². The van der Waals surface area contributed by atoms with E-state index in [9.17, 15) is 27.6 Å². The summed E-state index contributed by atoms with van der Waals surface area (Å²) in [6, 6.07) is 17.4. The van der Waals surface area contributed by atoms with Gasteiger partial charge in [-0.05, 0) is 80.7 Å². The number of amides is 4. The number of nitrogens with one attached hydrogen (secondary N) is 3. The lowest BCUT2D eigenvalue weighted by Gasteiger charge is -2.45. The standard InChI is InChI=1S/C46H54ClN11O7S/c1-53(66(3,63)64)38-7-5-4-6-36(38)49-42-35(47)24-48-46(52-42)50-37-11-9-32(23-40(37)65-2)56-20-18-55(19-21-56)25-29-14-16-54(17-15-29)26-30-27-57(28-30)31-8-10-33-34(22-31)45(62)58(44(33)61)39-12-13-41(59)51-43(39)60/h4-11,22-24,29-30,39H,12-21,25-28H2,1-3H3,(H,51,59,60)(H2,48,49,50,52). The predicted molar refractivity (Wildman–Crippen MR) is 253 cm³/mol. The number of rotatable bonds is 14. The molecule has 1 unspecified atom stereocenters. The van der Waals surface area contributed by atoms with Gasteiger partial charge >= 0.3 is 0 Å². The molecule has 0 spiro atoms. The molecule has 6 heterocycles. The van der Waals surface area contributed by atoms with Crippen LogP contribution in [0.15, 0.2) is 66.9 Å². The van der Waals surface area contributed by atoms with Crippen LogP contribution in [0.25, 0.3) is 0 Å². The van der Waals surface area contributed by atoms with Crippen LogP contribution in [0.3, 0.4) is 0 Å². The first-order chi connectivity index (χ1) is 31.7. The Morgan fingerprint density at radius 2 is 1.48 bits per heavy atom. The second kappa shape index (κ2) is 18.7. The second-order valence-corrected chi connectivity index (χ2v) is 20.2. The molecule has 3 aromatic carbocycles. The lowest BCUT2D eigenvalue weighted by atomic mass is 9.93. The smallest absolute Gasteiger partial charge is 0.262 e. The molecule has 0 radical (unpaired) electrons. The number of piperidine rings is 2. The highest BCUT2D eigenvalue weighted by Crippen LogP contribution is 2.36. The second-order valence-electron chi connectivity index (χ2n) is 17.8. The Kier molecular flexibility index (Phi) is 12.8. The van der Waals surface area contributed by atoms with E-state index in [0.717, 1.165) is 88.0 Å². The van der Waals surface area contributed by atoms with E-state index in [1.807, 2.05) is 18.2 Å². The molecule has 1 aromatic heterocycles. The number of hydrogen-bond donors (Lipinski definition) is 3. The molecule has 9 rings (SSSR count). The summed E-state index contributed by atoms with van der Waals surface area (Å²) in [6.45, 7) is 9.86. The van der Waals surface area contributed by atoms with Gasteiger partial charge < -0.3 is 30.1 Å². The molecule has 1 atom stereocenters. The lowest BCUT2D eigenvalue weighted by molar-refractivity contribution is -0.136. The van der Waals surface area contributed by atoms with E-state index in [0.29, 0.717) is 51.6 Å². The molecule has 0 saturated carbocycles. The molecular formula is C46H54ClN11O7S. The molecule has 66 heavy (non-hydrogen) atoms. The third-order valence-electron chi connectivity index (χ3n) is 13.4. The van der Waals surface area contributed by atoms with Crippen LogP contribution in [0, 0.1) is 11.8 Å². The van der Waals surface area contributed by atoms with E-state index < -0.39 is 33.8 Å². The van der Waals surface area contributed by atoms with Crippen LogP contribution in [-0.4, -0.2) is 149 Å². The van der Waals surface area contributed by atoms with Crippen LogP contribution in [0.2, 0.25) is 5.02 Å². The van der Waals surface area contributed by atoms with Crippen LogP contribution in [-0.2, 0) is 19.6 Å². The number of anilines is 7.